The molecule has 1 aromatic rings. The van der Waals surface area contributed by atoms with E-state index < -0.39 is 0 Å². The number of carbonyl (C=O) groups is 1. The fourth-order valence-corrected chi connectivity index (χ4v) is 1.65. The molecule has 3 heteroatoms. The first-order valence-corrected chi connectivity index (χ1v) is 5.65. The van der Waals surface area contributed by atoms with Crippen molar-refractivity contribution in [1.82, 2.24) is 5.32 Å². The molecular formula is C13H19NO2. The lowest BCUT2D eigenvalue weighted by molar-refractivity contribution is -0.123. The Bertz CT molecular complexity index is 324. The highest BCUT2D eigenvalue weighted by Gasteiger charge is 2.19. The summed E-state index contributed by atoms with van der Waals surface area (Å²) in [4.78, 5) is 11.9. The highest BCUT2D eigenvalue weighted by Crippen LogP contribution is 2.19. The van der Waals surface area contributed by atoms with Gasteiger partial charge in [0.15, 0.2) is 0 Å². The first kappa shape index (κ1) is 12.7. The minimum Gasteiger partial charge on any atom is -0.394 e. The quantitative estimate of drug-likeness (QED) is 0.794. The number of carbonyl (C=O) groups excluding carboxylic acids is 1. The van der Waals surface area contributed by atoms with Crippen LogP contribution in [0.3, 0.4) is 0 Å². The van der Waals surface area contributed by atoms with Crippen LogP contribution in [0.15, 0.2) is 30.3 Å². The van der Waals surface area contributed by atoms with Gasteiger partial charge in [-0.15, -0.1) is 0 Å². The van der Waals surface area contributed by atoms with Crippen LogP contribution in [-0.2, 0) is 4.79 Å². The van der Waals surface area contributed by atoms with E-state index in [2.05, 4.69) is 5.32 Å². The van der Waals surface area contributed by atoms with Crippen molar-refractivity contribution in [3.63, 3.8) is 0 Å². The van der Waals surface area contributed by atoms with Gasteiger partial charge in [-0.1, -0.05) is 37.3 Å². The van der Waals surface area contributed by atoms with E-state index in [1.54, 1.807) is 6.92 Å². The molecule has 0 fully saturated rings. The summed E-state index contributed by atoms with van der Waals surface area (Å²) in [6.45, 7) is 3.74. The standard InChI is InChI=1S/C13H19NO2/c1-3-12(11-7-5-4-6-8-11)13(16)14-10(2)9-15/h4-8,10,12,15H,3,9H2,1-2H3,(H,14,16)/t10-,12?/m1/s1. The summed E-state index contributed by atoms with van der Waals surface area (Å²) in [7, 11) is 0. The van der Waals surface area contributed by atoms with Gasteiger partial charge in [-0.2, -0.15) is 0 Å². The Hall–Kier alpha value is -1.35. The average Bonchev–Trinajstić information content (AvgIpc) is 2.31. The zero-order valence-corrected chi connectivity index (χ0v) is 9.81. The van der Waals surface area contributed by atoms with Crippen molar-refractivity contribution in [2.75, 3.05) is 6.61 Å². The lowest BCUT2D eigenvalue weighted by Gasteiger charge is -2.18. The molecule has 16 heavy (non-hydrogen) atoms. The first-order valence-electron chi connectivity index (χ1n) is 5.65. The van der Waals surface area contributed by atoms with Gasteiger partial charge in [0.1, 0.15) is 0 Å². The number of aliphatic hydroxyl groups excluding tert-OH is 1. The van der Waals surface area contributed by atoms with Crippen molar-refractivity contribution in [2.24, 2.45) is 0 Å². The molecule has 0 spiro atoms. The second-order valence-corrected chi connectivity index (χ2v) is 3.96. The van der Waals surface area contributed by atoms with Crippen molar-refractivity contribution < 1.29 is 9.90 Å². The van der Waals surface area contributed by atoms with E-state index in [1.807, 2.05) is 37.3 Å². The van der Waals surface area contributed by atoms with Crippen LogP contribution in [0.2, 0.25) is 0 Å². The van der Waals surface area contributed by atoms with Crippen molar-refractivity contribution in [3.8, 4) is 0 Å². The molecule has 1 aromatic carbocycles. The van der Waals surface area contributed by atoms with E-state index in [1.165, 1.54) is 0 Å². The highest BCUT2D eigenvalue weighted by molar-refractivity contribution is 5.83. The summed E-state index contributed by atoms with van der Waals surface area (Å²) < 4.78 is 0. The van der Waals surface area contributed by atoms with Crippen LogP contribution < -0.4 is 5.32 Å². The second kappa shape index (κ2) is 6.28. The molecule has 0 aliphatic heterocycles. The Balaban J connectivity index is 2.71. The van der Waals surface area contributed by atoms with E-state index in [0.29, 0.717) is 0 Å². The van der Waals surface area contributed by atoms with Gasteiger partial charge in [0.05, 0.1) is 12.5 Å². The third kappa shape index (κ3) is 3.35. The zero-order valence-electron chi connectivity index (χ0n) is 9.81. The fraction of sp³-hybridized carbons (Fsp3) is 0.462. The molecule has 2 atom stereocenters. The number of hydrogen-bond acceptors (Lipinski definition) is 2. The third-order valence-corrected chi connectivity index (χ3v) is 2.59. The van der Waals surface area contributed by atoms with Gasteiger partial charge in [-0.05, 0) is 18.9 Å². The number of benzene rings is 1. The summed E-state index contributed by atoms with van der Waals surface area (Å²) in [6, 6.07) is 9.52. The minimum absolute atomic E-state index is 0.0183. The van der Waals surface area contributed by atoms with Crippen LogP contribution in [0, 0.1) is 0 Å². The maximum Gasteiger partial charge on any atom is 0.227 e. The molecule has 88 valence electrons. The van der Waals surface area contributed by atoms with E-state index >= 15 is 0 Å². The van der Waals surface area contributed by atoms with Gasteiger partial charge in [-0.25, -0.2) is 0 Å². The Morgan fingerprint density at radius 1 is 1.38 bits per heavy atom. The Labute approximate surface area is 96.5 Å². The summed E-state index contributed by atoms with van der Waals surface area (Å²) in [5, 5.41) is 11.7. The van der Waals surface area contributed by atoms with E-state index in [-0.39, 0.29) is 24.5 Å². The minimum atomic E-state index is -0.190. The van der Waals surface area contributed by atoms with Gasteiger partial charge in [-0.3, -0.25) is 4.79 Å². The molecule has 1 unspecified atom stereocenters. The lowest BCUT2D eigenvalue weighted by atomic mass is 9.95. The van der Waals surface area contributed by atoms with Gasteiger partial charge < -0.3 is 10.4 Å². The monoisotopic (exact) mass is 221 g/mol. The van der Waals surface area contributed by atoms with Crippen molar-refractivity contribution in [3.05, 3.63) is 35.9 Å². The van der Waals surface area contributed by atoms with E-state index in [0.717, 1.165) is 12.0 Å². The highest BCUT2D eigenvalue weighted by atomic mass is 16.3. The number of rotatable bonds is 5. The molecule has 0 aliphatic rings. The molecule has 3 nitrogen and oxygen atoms in total. The van der Waals surface area contributed by atoms with Gasteiger partial charge >= 0.3 is 0 Å². The van der Waals surface area contributed by atoms with E-state index in [4.69, 9.17) is 5.11 Å². The zero-order chi connectivity index (χ0) is 12.0. The molecule has 0 bridgehead atoms. The normalized spacial score (nSPS) is 14.2. The summed E-state index contributed by atoms with van der Waals surface area (Å²) in [5.74, 6) is -0.148. The molecular weight excluding hydrogens is 202 g/mol. The molecule has 0 aromatic heterocycles. The molecule has 2 N–H and O–H groups in total. The maximum atomic E-state index is 11.9. The Morgan fingerprint density at radius 3 is 2.50 bits per heavy atom. The number of aliphatic hydroxyl groups is 1. The predicted octanol–water partition coefficient (Wildman–Crippen LogP) is 1.68. The van der Waals surface area contributed by atoms with Crippen LogP contribution in [-0.4, -0.2) is 23.7 Å². The smallest absolute Gasteiger partial charge is 0.227 e. The van der Waals surface area contributed by atoms with Crippen LogP contribution >= 0.6 is 0 Å². The largest absolute Gasteiger partial charge is 0.394 e. The van der Waals surface area contributed by atoms with Crippen molar-refractivity contribution in [1.29, 1.82) is 0 Å². The van der Waals surface area contributed by atoms with E-state index in [9.17, 15) is 4.79 Å². The van der Waals surface area contributed by atoms with Gasteiger partial charge in [0.2, 0.25) is 5.91 Å². The topological polar surface area (TPSA) is 49.3 Å². The van der Waals surface area contributed by atoms with Crippen molar-refractivity contribution in [2.45, 2.75) is 32.2 Å². The SMILES string of the molecule is CCC(C(=O)N[C@H](C)CO)c1ccccc1. The number of hydrogen-bond donors (Lipinski definition) is 2. The van der Waals surface area contributed by atoms with Crippen LogP contribution in [0.5, 0.6) is 0 Å². The third-order valence-electron chi connectivity index (χ3n) is 2.59. The molecule has 0 radical (unpaired) electrons. The molecule has 0 saturated carbocycles. The van der Waals surface area contributed by atoms with Gasteiger partial charge in [0.25, 0.3) is 0 Å². The van der Waals surface area contributed by atoms with Crippen LogP contribution in [0.1, 0.15) is 31.7 Å². The molecule has 0 saturated heterocycles. The second-order valence-electron chi connectivity index (χ2n) is 3.96. The maximum absolute atomic E-state index is 11.9. The summed E-state index contributed by atoms with van der Waals surface area (Å²) in [5.41, 5.74) is 1.02. The number of nitrogens with one attached hydrogen (secondary N) is 1. The van der Waals surface area contributed by atoms with Crippen LogP contribution in [0.25, 0.3) is 0 Å². The predicted molar refractivity (Wildman–Crippen MR) is 64.2 cm³/mol. The fourth-order valence-electron chi connectivity index (χ4n) is 1.65. The Morgan fingerprint density at radius 2 is 2.00 bits per heavy atom. The van der Waals surface area contributed by atoms with Crippen molar-refractivity contribution >= 4 is 5.91 Å². The lowest BCUT2D eigenvalue weighted by Crippen LogP contribution is -2.38. The molecule has 0 aliphatic carbocycles. The molecule has 1 amide bonds. The average molecular weight is 221 g/mol. The molecule has 0 heterocycles. The molecule has 1 rings (SSSR count). The van der Waals surface area contributed by atoms with Crippen LogP contribution in [0.4, 0.5) is 0 Å². The first-order chi connectivity index (χ1) is 7.69. The number of amides is 1. The summed E-state index contributed by atoms with van der Waals surface area (Å²) in [6.07, 6.45) is 0.758. The van der Waals surface area contributed by atoms with Gasteiger partial charge in [0, 0.05) is 6.04 Å². The summed E-state index contributed by atoms with van der Waals surface area (Å²) >= 11 is 0. The Kier molecular flexibility index (Phi) is 4.99.